The Kier molecular flexibility index (Phi) is 9.24. The van der Waals surface area contributed by atoms with E-state index in [1.165, 1.54) is 11.1 Å². The van der Waals surface area contributed by atoms with Crippen LogP contribution in [0, 0.1) is 18.3 Å². The van der Waals surface area contributed by atoms with E-state index in [9.17, 15) is 36.8 Å². The van der Waals surface area contributed by atoms with Gasteiger partial charge < -0.3 is 25.8 Å². The van der Waals surface area contributed by atoms with Crippen LogP contribution in [0.3, 0.4) is 0 Å². The number of aromatic nitrogens is 2. The fourth-order valence-corrected chi connectivity index (χ4v) is 5.91. The van der Waals surface area contributed by atoms with Gasteiger partial charge in [-0.3, -0.25) is 9.59 Å². The number of nitrogens with one attached hydrogen (secondary N) is 2. The summed E-state index contributed by atoms with van der Waals surface area (Å²) in [5.74, 6) is -3.09. The van der Waals surface area contributed by atoms with Crippen molar-refractivity contribution < 1.29 is 26.7 Å². The molecule has 5 rings (SSSR count). The minimum atomic E-state index is -4.51. The number of carbonyl (C=O) groups excluding carboxylic acids is 1. The highest BCUT2D eigenvalue weighted by atomic mass is 19.4. The highest BCUT2D eigenvalue weighted by Crippen LogP contribution is 2.35. The molecule has 47 heavy (non-hydrogen) atoms. The number of hydrogen-bond donors (Lipinski definition) is 3. The molecule has 2 saturated heterocycles. The van der Waals surface area contributed by atoms with Crippen molar-refractivity contribution >= 4 is 28.9 Å². The molecule has 0 spiro atoms. The van der Waals surface area contributed by atoms with E-state index in [2.05, 4.69) is 26.3 Å². The fourth-order valence-electron chi connectivity index (χ4n) is 5.91. The molecule has 1 amide bonds. The van der Waals surface area contributed by atoms with Gasteiger partial charge in [-0.15, -0.1) is 0 Å². The molecule has 2 aliphatic heterocycles. The van der Waals surface area contributed by atoms with E-state index < -0.39 is 28.8 Å². The zero-order valence-corrected chi connectivity index (χ0v) is 25.5. The van der Waals surface area contributed by atoms with Crippen molar-refractivity contribution in [2.45, 2.75) is 56.7 Å². The van der Waals surface area contributed by atoms with Gasteiger partial charge >= 0.3 is 6.18 Å². The van der Waals surface area contributed by atoms with E-state index in [0.717, 1.165) is 18.3 Å². The van der Waals surface area contributed by atoms with Crippen LogP contribution in [0.2, 0.25) is 0 Å². The van der Waals surface area contributed by atoms with Crippen LogP contribution in [-0.4, -0.2) is 64.3 Å². The van der Waals surface area contributed by atoms with Gasteiger partial charge in [0.25, 0.3) is 17.4 Å². The third kappa shape index (κ3) is 7.53. The fraction of sp³-hybridized carbons (Fsp3) is 0.406. The summed E-state index contributed by atoms with van der Waals surface area (Å²) >= 11 is 0. The maximum atomic E-state index is 13.6. The summed E-state index contributed by atoms with van der Waals surface area (Å²) in [6.45, 7) is 2.21. The second kappa shape index (κ2) is 13.0. The number of amides is 1. The number of aromatic amines is 1. The van der Waals surface area contributed by atoms with Crippen molar-refractivity contribution in [3.63, 3.8) is 0 Å². The predicted molar refractivity (Wildman–Crippen MR) is 166 cm³/mol. The van der Waals surface area contributed by atoms with Crippen LogP contribution in [0.25, 0.3) is 0 Å². The van der Waals surface area contributed by atoms with Crippen molar-refractivity contribution in [1.82, 2.24) is 14.9 Å². The number of hydrogen-bond acceptors (Lipinski definition) is 7. The number of halogens is 5. The summed E-state index contributed by atoms with van der Waals surface area (Å²) in [6, 6.07) is 10.4. The van der Waals surface area contributed by atoms with E-state index in [0.29, 0.717) is 48.4 Å². The van der Waals surface area contributed by atoms with Gasteiger partial charge in [-0.1, -0.05) is 0 Å². The van der Waals surface area contributed by atoms with Gasteiger partial charge in [-0.2, -0.15) is 18.4 Å². The normalized spacial score (nSPS) is 18.0. The van der Waals surface area contributed by atoms with Crippen LogP contribution >= 0.6 is 0 Å². The second-order valence-corrected chi connectivity index (χ2v) is 11.9. The van der Waals surface area contributed by atoms with Gasteiger partial charge in [0, 0.05) is 57.0 Å². The lowest BCUT2D eigenvalue weighted by Crippen LogP contribution is -2.50. The molecule has 0 aliphatic carbocycles. The highest BCUT2D eigenvalue weighted by Gasteiger charge is 2.38. The average Bonchev–Trinajstić information content (AvgIpc) is 3.01. The highest BCUT2D eigenvalue weighted by molar-refractivity contribution is 6.03. The van der Waals surface area contributed by atoms with Gasteiger partial charge in [0.2, 0.25) is 0 Å². The molecule has 0 saturated carbocycles. The Morgan fingerprint density at radius 3 is 2.45 bits per heavy atom. The monoisotopic (exact) mass is 656 g/mol. The van der Waals surface area contributed by atoms with E-state index in [1.54, 1.807) is 36.1 Å². The number of nitriles is 1. The molecule has 0 atom stereocenters. The molecule has 0 radical (unpaired) electrons. The zero-order valence-electron chi connectivity index (χ0n) is 25.5. The zero-order chi connectivity index (χ0) is 34.0. The summed E-state index contributed by atoms with van der Waals surface area (Å²) in [7, 11) is 0. The van der Waals surface area contributed by atoms with Gasteiger partial charge in [0.1, 0.15) is 17.2 Å². The molecule has 15 heteroatoms. The number of amidine groups is 1. The lowest BCUT2D eigenvalue weighted by Gasteiger charge is -2.42. The Morgan fingerprint density at radius 2 is 1.81 bits per heavy atom. The standard InChI is InChI=1S/C32H33F5N8O2/c1-20-18-22(2-3-23(20)29(47)45-16-9-31(33,34)10-17-45)42-27(39)26-24(5-13-41-28(26)46)43-30(6-11-38)7-14-44(15-8-30)25-19-21(4-12-40-25)32(35,36)37/h2-5,12-13,18-19H,6-10,14-17H2,1H3,(H2,39,42)(H2,41,43,46). The van der Waals surface area contributed by atoms with Crippen molar-refractivity contribution in [3.05, 3.63) is 81.4 Å². The molecule has 0 bridgehead atoms. The smallest absolute Gasteiger partial charge is 0.383 e. The third-order valence-electron chi connectivity index (χ3n) is 8.62. The Labute approximate surface area is 267 Å². The number of pyridine rings is 2. The van der Waals surface area contributed by atoms with Crippen LogP contribution < -0.4 is 21.5 Å². The average molecular weight is 657 g/mol. The molecular formula is C32H33F5N8O2. The number of aryl methyl sites for hydroxylation is 1. The number of alkyl halides is 5. The summed E-state index contributed by atoms with van der Waals surface area (Å²) in [4.78, 5) is 40.2. The minimum absolute atomic E-state index is 0.0267. The quantitative estimate of drug-likeness (QED) is 0.176. The number of carbonyl (C=O) groups is 1. The molecule has 4 heterocycles. The largest absolute Gasteiger partial charge is 0.416 e. The topological polar surface area (TPSA) is 143 Å². The number of rotatable bonds is 7. The van der Waals surface area contributed by atoms with Crippen LogP contribution in [0.1, 0.15) is 59.2 Å². The summed E-state index contributed by atoms with van der Waals surface area (Å²) in [5.41, 5.74) is 5.78. The Bertz CT molecular complexity index is 1760. The number of H-pyrrole nitrogens is 1. The summed E-state index contributed by atoms with van der Waals surface area (Å²) < 4.78 is 66.9. The summed E-state index contributed by atoms with van der Waals surface area (Å²) in [6.07, 6.45) is -2.00. The van der Waals surface area contributed by atoms with Crippen molar-refractivity contribution in [1.29, 1.82) is 5.26 Å². The van der Waals surface area contributed by atoms with Gasteiger partial charge in [0.15, 0.2) is 0 Å². The molecule has 4 N–H and O–H groups in total. The molecule has 2 aromatic heterocycles. The van der Waals surface area contributed by atoms with Crippen molar-refractivity contribution in [3.8, 4) is 6.07 Å². The molecule has 3 aromatic rings. The Hall–Kier alpha value is -5.00. The van der Waals surface area contributed by atoms with Crippen LogP contribution in [-0.2, 0) is 6.18 Å². The minimum Gasteiger partial charge on any atom is -0.383 e. The third-order valence-corrected chi connectivity index (χ3v) is 8.62. The number of nitrogens with zero attached hydrogens (tertiary/aromatic N) is 5. The second-order valence-electron chi connectivity index (χ2n) is 11.9. The number of likely N-dealkylation sites (tertiary alicyclic amines) is 1. The van der Waals surface area contributed by atoms with Gasteiger partial charge in [0.05, 0.1) is 35.0 Å². The Morgan fingerprint density at radius 1 is 1.11 bits per heavy atom. The van der Waals surface area contributed by atoms with Crippen LogP contribution in [0.4, 0.5) is 39.1 Å². The number of piperidine rings is 2. The maximum absolute atomic E-state index is 13.6. The molecule has 1 aromatic carbocycles. The number of benzene rings is 1. The van der Waals surface area contributed by atoms with E-state index >= 15 is 0 Å². The van der Waals surface area contributed by atoms with E-state index in [1.807, 2.05) is 0 Å². The molecule has 2 aliphatic rings. The first-order valence-corrected chi connectivity index (χ1v) is 15.0. The molecular weight excluding hydrogens is 623 g/mol. The predicted octanol–water partition coefficient (Wildman–Crippen LogP) is 5.37. The first-order chi connectivity index (χ1) is 22.2. The number of anilines is 2. The van der Waals surface area contributed by atoms with Crippen molar-refractivity contribution in [2.24, 2.45) is 10.7 Å². The van der Waals surface area contributed by atoms with Crippen LogP contribution in [0.5, 0.6) is 0 Å². The van der Waals surface area contributed by atoms with Crippen LogP contribution in [0.15, 0.2) is 58.6 Å². The first-order valence-electron chi connectivity index (χ1n) is 15.0. The molecule has 0 unspecified atom stereocenters. The van der Waals surface area contributed by atoms with Gasteiger partial charge in [-0.25, -0.2) is 18.8 Å². The maximum Gasteiger partial charge on any atom is 0.416 e. The first kappa shape index (κ1) is 33.4. The molecule has 10 nitrogen and oxygen atoms in total. The summed E-state index contributed by atoms with van der Waals surface area (Å²) in [5, 5.41) is 13.0. The Balaban J connectivity index is 1.35. The molecule has 248 valence electrons. The van der Waals surface area contributed by atoms with Gasteiger partial charge in [-0.05, 0) is 61.7 Å². The number of nitrogens with two attached hydrogens (primary N) is 1. The molecule has 2 fully saturated rings. The van der Waals surface area contributed by atoms with Crippen molar-refractivity contribution in [2.75, 3.05) is 36.4 Å². The van der Waals surface area contributed by atoms with E-state index in [4.69, 9.17) is 5.73 Å². The van der Waals surface area contributed by atoms with E-state index in [-0.39, 0.29) is 55.5 Å². The SMILES string of the molecule is Cc1cc(N=C(N)c2c(NC3(CC#N)CCN(c4cc(C(F)(F)F)ccn4)CC3)cc[nH]c2=O)ccc1C(=O)N1CCC(F)(F)CC1. The number of aliphatic imine (C=N–C) groups is 1. The lowest BCUT2D eigenvalue weighted by atomic mass is 9.84. The lowest BCUT2D eigenvalue weighted by molar-refractivity contribution is -0.137.